The van der Waals surface area contributed by atoms with Gasteiger partial charge in [-0.3, -0.25) is 4.79 Å². The van der Waals surface area contributed by atoms with Crippen molar-refractivity contribution < 1.29 is 9.47 Å². The summed E-state index contributed by atoms with van der Waals surface area (Å²) >= 11 is 6.91. The minimum absolute atomic E-state index is 0.0476. The molecule has 0 saturated carbocycles. The molecule has 0 N–H and O–H groups in total. The number of ether oxygens (including phenoxy) is 2. The van der Waals surface area contributed by atoms with Gasteiger partial charge in [-0.25, -0.2) is 4.98 Å². The van der Waals surface area contributed by atoms with Crippen molar-refractivity contribution in [1.82, 2.24) is 9.66 Å². The van der Waals surface area contributed by atoms with E-state index in [0.29, 0.717) is 40.4 Å². The topological polar surface area (TPSA) is 65.7 Å². The Morgan fingerprint density at radius 3 is 2.71 bits per heavy atom. The lowest BCUT2D eigenvalue weighted by Crippen LogP contribution is -2.23. The third kappa shape index (κ3) is 5.07. The molecule has 0 aliphatic rings. The van der Waals surface area contributed by atoms with Crippen LogP contribution in [0, 0.1) is 0 Å². The number of methoxy groups -OCH3 is 1. The summed E-state index contributed by atoms with van der Waals surface area (Å²) in [6, 6.07) is 9.13. The van der Waals surface area contributed by atoms with Crippen molar-refractivity contribution in [1.29, 1.82) is 0 Å². The molecule has 0 amide bonds. The van der Waals surface area contributed by atoms with Crippen LogP contribution < -0.4 is 15.0 Å². The van der Waals surface area contributed by atoms with E-state index >= 15 is 0 Å². The van der Waals surface area contributed by atoms with Gasteiger partial charge in [-0.15, -0.1) is 0 Å². The predicted molar refractivity (Wildman–Crippen MR) is 132 cm³/mol. The molecule has 1 heterocycles. The van der Waals surface area contributed by atoms with Gasteiger partial charge in [0.25, 0.3) is 5.56 Å². The van der Waals surface area contributed by atoms with E-state index in [1.54, 1.807) is 25.5 Å². The first kappa shape index (κ1) is 23.2. The first-order valence-electron chi connectivity index (χ1n) is 9.77. The second-order valence-electron chi connectivity index (χ2n) is 6.93. The Kier molecular flexibility index (Phi) is 7.67. The van der Waals surface area contributed by atoms with Gasteiger partial charge >= 0.3 is 0 Å². The molecule has 3 rings (SSSR count). The fourth-order valence-corrected chi connectivity index (χ4v) is 3.85. The van der Waals surface area contributed by atoms with Crippen LogP contribution >= 0.6 is 31.9 Å². The minimum atomic E-state index is -0.228. The summed E-state index contributed by atoms with van der Waals surface area (Å²) in [7, 11) is 1.57. The molecule has 31 heavy (non-hydrogen) atoms. The zero-order chi connectivity index (χ0) is 22.5. The van der Waals surface area contributed by atoms with Crippen molar-refractivity contribution in [2.75, 3.05) is 13.7 Å². The van der Waals surface area contributed by atoms with Gasteiger partial charge in [0.2, 0.25) is 0 Å². The molecular weight excluding hydrogens is 526 g/mol. The van der Waals surface area contributed by atoms with Crippen molar-refractivity contribution in [3.63, 3.8) is 0 Å². The Balaban J connectivity index is 2.21. The molecule has 0 aliphatic heterocycles. The van der Waals surface area contributed by atoms with Crippen molar-refractivity contribution >= 4 is 49.0 Å². The molecule has 0 spiro atoms. The SMILES string of the molecule is C=CCOc1c(C=Nn2c([C@H](C)CC)nc3ccc(Br)cc3c2=O)cc(Br)cc1OC. The summed E-state index contributed by atoms with van der Waals surface area (Å²) in [6.45, 7) is 8.08. The lowest BCUT2D eigenvalue weighted by molar-refractivity contribution is 0.326. The average Bonchev–Trinajstić information content (AvgIpc) is 2.76. The third-order valence-electron chi connectivity index (χ3n) is 4.81. The van der Waals surface area contributed by atoms with E-state index in [2.05, 4.69) is 50.5 Å². The van der Waals surface area contributed by atoms with Gasteiger partial charge in [0.15, 0.2) is 11.5 Å². The second kappa shape index (κ2) is 10.2. The van der Waals surface area contributed by atoms with Crippen LogP contribution in [0.2, 0.25) is 0 Å². The molecule has 1 atom stereocenters. The van der Waals surface area contributed by atoms with Gasteiger partial charge in [0.05, 0.1) is 24.2 Å². The van der Waals surface area contributed by atoms with Gasteiger partial charge in [-0.05, 0) is 36.8 Å². The van der Waals surface area contributed by atoms with E-state index in [0.717, 1.165) is 15.4 Å². The Morgan fingerprint density at radius 1 is 1.26 bits per heavy atom. The van der Waals surface area contributed by atoms with Crippen LogP contribution in [0.25, 0.3) is 10.9 Å². The van der Waals surface area contributed by atoms with Gasteiger partial charge < -0.3 is 9.47 Å². The molecule has 0 saturated heterocycles. The lowest BCUT2D eigenvalue weighted by atomic mass is 10.1. The number of benzene rings is 2. The first-order valence-corrected chi connectivity index (χ1v) is 11.4. The van der Waals surface area contributed by atoms with Crippen molar-refractivity contribution in [3.05, 3.63) is 73.7 Å². The summed E-state index contributed by atoms with van der Waals surface area (Å²) in [5.41, 5.74) is 1.08. The molecule has 0 aliphatic carbocycles. The molecule has 0 bridgehead atoms. The van der Waals surface area contributed by atoms with Gasteiger partial charge in [-0.2, -0.15) is 9.78 Å². The smallest absolute Gasteiger partial charge is 0.282 e. The van der Waals surface area contributed by atoms with E-state index in [9.17, 15) is 4.79 Å². The maximum absolute atomic E-state index is 13.3. The first-order chi connectivity index (χ1) is 14.9. The summed E-state index contributed by atoms with van der Waals surface area (Å²) in [4.78, 5) is 18.0. The van der Waals surface area contributed by atoms with Crippen LogP contribution in [0.15, 0.2) is 61.8 Å². The Labute approximate surface area is 197 Å². The third-order valence-corrected chi connectivity index (χ3v) is 5.76. The van der Waals surface area contributed by atoms with E-state index in [-0.39, 0.29) is 11.5 Å². The number of aromatic nitrogens is 2. The zero-order valence-electron chi connectivity index (χ0n) is 17.6. The van der Waals surface area contributed by atoms with Crippen LogP contribution in [-0.2, 0) is 0 Å². The lowest BCUT2D eigenvalue weighted by Gasteiger charge is -2.15. The largest absolute Gasteiger partial charge is 0.493 e. The highest BCUT2D eigenvalue weighted by atomic mass is 79.9. The minimum Gasteiger partial charge on any atom is -0.493 e. The standard InChI is InChI=1S/C23H23Br2N3O3/c1-5-9-31-21-15(10-17(25)12-20(21)30-4)13-26-28-22(14(3)6-2)27-19-8-7-16(24)11-18(19)23(28)29/h5,7-8,10-14H,1,6,9H2,2-4H3/t14-/m1/s1. The molecule has 0 radical (unpaired) electrons. The number of nitrogens with zero attached hydrogens (tertiary/aromatic N) is 3. The Bertz CT molecular complexity index is 1200. The van der Waals surface area contributed by atoms with E-state index in [4.69, 9.17) is 14.5 Å². The highest BCUT2D eigenvalue weighted by Gasteiger charge is 2.16. The molecule has 0 fully saturated rings. The number of rotatable bonds is 8. The highest BCUT2D eigenvalue weighted by Crippen LogP contribution is 2.34. The number of halogens is 2. The van der Waals surface area contributed by atoms with Crippen LogP contribution in [-0.4, -0.2) is 29.6 Å². The van der Waals surface area contributed by atoms with Crippen LogP contribution in [0.5, 0.6) is 11.5 Å². The van der Waals surface area contributed by atoms with Crippen LogP contribution in [0.4, 0.5) is 0 Å². The van der Waals surface area contributed by atoms with Crippen molar-refractivity contribution in [3.8, 4) is 11.5 Å². The fourth-order valence-electron chi connectivity index (χ4n) is 3.03. The maximum Gasteiger partial charge on any atom is 0.282 e. The molecule has 3 aromatic rings. The molecule has 1 aromatic heterocycles. The molecule has 162 valence electrons. The average molecular weight is 549 g/mol. The quantitative estimate of drug-likeness (QED) is 0.260. The molecule has 8 heteroatoms. The van der Waals surface area contributed by atoms with Crippen LogP contribution in [0.1, 0.15) is 37.6 Å². The van der Waals surface area contributed by atoms with Crippen molar-refractivity contribution in [2.24, 2.45) is 5.10 Å². The highest BCUT2D eigenvalue weighted by molar-refractivity contribution is 9.10. The summed E-state index contributed by atoms with van der Waals surface area (Å²) < 4.78 is 14.2. The number of hydrogen-bond donors (Lipinski definition) is 0. The normalized spacial score (nSPS) is 12.3. The molecular formula is C23H23Br2N3O3. The van der Waals surface area contributed by atoms with E-state index in [1.807, 2.05) is 31.2 Å². The van der Waals surface area contributed by atoms with E-state index < -0.39 is 0 Å². The predicted octanol–water partition coefficient (Wildman–Crippen LogP) is 5.89. The van der Waals surface area contributed by atoms with Gasteiger partial charge in [-0.1, -0.05) is 58.4 Å². The second-order valence-corrected chi connectivity index (χ2v) is 8.76. The molecule has 0 unspecified atom stereocenters. The zero-order valence-corrected chi connectivity index (χ0v) is 20.7. The summed E-state index contributed by atoms with van der Waals surface area (Å²) in [5.74, 6) is 1.72. The number of fused-ring (bicyclic) bond motifs is 1. The fraction of sp³-hybridized carbons (Fsp3) is 0.261. The van der Waals surface area contributed by atoms with Crippen LogP contribution in [0.3, 0.4) is 0 Å². The Hall–Kier alpha value is -2.45. The Morgan fingerprint density at radius 2 is 2.03 bits per heavy atom. The maximum atomic E-state index is 13.3. The molecule has 6 nitrogen and oxygen atoms in total. The van der Waals surface area contributed by atoms with E-state index in [1.165, 1.54) is 4.68 Å². The van der Waals surface area contributed by atoms with Gasteiger partial charge in [0, 0.05) is 20.4 Å². The van der Waals surface area contributed by atoms with Gasteiger partial charge in [0.1, 0.15) is 12.4 Å². The van der Waals surface area contributed by atoms with Crippen molar-refractivity contribution in [2.45, 2.75) is 26.2 Å². The molecule has 2 aromatic carbocycles. The number of hydrogen-bond acceptors (Lipinski definition) is 5. The summed E-state index contributed by atoms with van der Waals surface area (Å²) in [5, 5.41) is 5.02. The monoisotopic (exact) mass is 547 g/mol. The summed E-state index contributed by atoms with van der Waals surface area (Å²) in [6.07, 6.45) is 4.06.